The van der Waals surface area contributed by atoms with Crippen LogP contribution in [0.1, 0.15) is 38.1 Å². The van der Waals surface area contributed by atoms with Crippen molar-refractivity contribution in [3.63, 3.8) is 0 Å². The van der Waals surface area contributed by atoms with Gasteiger partial charge in [-0.25, -0.2) is 4.98 Å². The number of aromatic nitrogens is 1. The van der Waals surface area contributed by atoms with Crippen LogP contribution >= 0.6 is 11.3 Å². The minimum Gasteiger partial charge on any atom is -0.465 e. The van der Waals surface area contributed by atoms with Gasteiger partial charge in [0.2, 0.25) is 0 Å². The molecule has 0 bridgehead atoms. The van der Waals surface area contributed by atoms with Crippen molar-refractivity contribution in [2.24, 2.45) is 5.92 Å². The van der Waals surface area contributed by atoms with Gasteiger partial charge in [0.15, 0.2) is 0 Å². The molecule has 0 saturated heterocycles. The van der Waals surface area contributed by atoms with Crippen molar-refractivity contribution in [1.82, 2.24) is 4.98 Å². The lowest BCUT2D eigenvalue weighted by Gasteiger charge is -2.11. The van der Waals surface area contributed by atoms with Gasteiger partial charge in [0.25, 0.3) is 0 Å². The summed E-state index contributed by atoms with van der Waals surface area (Å²) in [6.07, 6.45) is 3.42. The maximum atomic E-state index is 11.7. The lowest BCUT2D eigenvalue weighted by atomic mass is 10.0. The summed E-state index contributed by atoms with van der Waals surface area (Å²) < 4.78 is 6.54. The zero-order valence-electron chi connectivity index (χ0n) is 12.1. The average molecular weight is 291 g/mol. The molecule has 0 aliphatic rings. The number of hydrogen-bond donors (Lipinski definition) is 0. The van der Waals surface area contributed by atoms with Crippen LogP contribution in [0.3, 0.4) is 0 Å². The molecule has 0 aliphatic carbocycles. The van der Waals surface area contributed by atoms with Gasteiger partial charge >= 0.3 is 5.97 Å². The van der Waals surface area contributed by atoms with Crippen LogP contribution in [0.15, 0.2) is 24.3 Å². The second-order valence-electron chi connectivity index (χ2n) is 4.86. The highest BCUT2D eigenvalue weighted by Gasteiger charge is 2.15. The van der Waals surface area contributed by atoms with Gasteiger partial charge in [0.05, 0.1) is 27.7 Å². The Morgan fingerprint density at radius 2 is 2.05 bits per heavy atom. The number of hydrogen-bond acceptors (Lipinski definition) is 4. The van der Waals surface area contributed by atoms with E-state index in [-0.39, 0.29) is 11.9 Å². The second kappa shape index (κ2) is 7.39. The number of nitrogens with zero attached hydrogens (tertiary/aromatic N) is 1. The van der Waals surface area contributed by atoms with Crippen molar-refractivity contribution < 1.29 is 9.53 Å². The molecule has 0 spiro atoms. The largest absolute Gasteiger partial charge is 0.465 e. The van der Waals surface area contributed by atoms with Crippen LogP contribution in [-0.4, -0.2) is 17.6 Å². The molecule has 0 aliphatic heterocycles. The molecule has 0 amide bonds. The Labute approximate surface area is 124 Å². The minimum absolute atomic E-state index is 0.0532. The van der Waals surface area contributed by atoms with Gasteiger partial charge in [0.1, 0.15) is 0 Å². The van der Waals surface area contributed by atoms with Crippen LogP contribution in [0.2, 0.25) is 0 Å². The molecule has 1 heterocycles. The van der Waals surface area contributed by atoms with E-state index in [0.29, 0.717) is 6.61 Å². The normalized spacial score (nSPS) is 11.2. The summed E-state index contributed by atoms with van der Waals surface area (Å²) in [6.45, 7) is 4.54. The summed E-state index contributed by atoms with van der Waals surface area (Å²) in [5.74, 6) is -0.00301. The fourth-order valence-electron chi connectivity index (χ4n) is 2.16. The van der Waals surface area contributed by atoms with Crippen LogP contribution in [0.4, 0.5) is 0 Å². The van der Waals surface area contributed by atoms with Gasteiger partial charge in [-0.1, -0.05) is 26.0 Å². The smallest absolute Gasteiger partial charge is 0.308 e. The fraction of sp³-hybridized carbons (Fsp3) is 0.500. The van der Waals surface area contributed by atoms with Crippen molar-refractivity contribution >= 4 is 27.5 Å². The summed E-state index contributed by atoms with van der Waals surface area (Å²) in [6, 6.07) is 8.15. The van der Waals surface area contributed by atoms with Gasteiger partial charge in [-0.2, -0.15) is 0 Å². The highest BCUT2D eigenvalue weighted by molar-refractivity contribution is 7.18. The number of para-hydroxylation sites is 1. The van der Waals surface area contributed by atoms with Crippen molar-refractivity contribution in [1.29, 1.82) is 0 Å². The van der Waals surface area contributed by atoms with Crippen LogP contribution in [0.5, 0.6) is 0 Å². The van der Waals surface area contributed by atoms with Gasteiger partial charge in [-0.15, -0.1) is 11.3 Å². The summed E-state index contributed by atoms with van der Waals surface area (Å²) in [4.78, 5) is 16.3. The summed E-state index contributed by atoms with van der Waals surface area (Å²) >= 11 is 1.72. The Kier molecular flexibility index (Phi) is 5.53. The van der Waals surface area contributed by atoms with Crippen molar-refractivity contribution in [3.05, 3.63) is 29.3 Å². The zero-order valence-corrected chi connectivity index (χ0v) is 12.9. The van der Waals surface area contributed by atoms with Crippen LogP contribution in [0.25, 0.3) is 10.2 Å². The molecule has 0 fully saturated rings. The number of ether oxygens (including phenoxy) is 1. The van der Waals surface area contributed by atoms with E-state index in [0.717, 1.165) is 36.2 Å². The molecule has 1 aromatic carbocycles. The van der Waals surface area contributed by atoms with Gasteiger partial charge in [-0.05, 0) is 31.4 Å². The van der Waals surface area contributed by atoms with E-state index in [2.05, 4.69) is 11.1 Å². The number of fused-ring (bicyclic) bond motifs is 1. The molecule has 0 unspecified atom stereocenters. The van der Waals surface area contributed by atoms with E-state index in [9.17, 15) is 4.79 Å². The number of benzene rings is 1. The molecular weight excluding hydrogens is 270 g/mol. The SMILES string of the molecule is CCC(CC)C(=O)OCCCc1nc2ccccc2s1. The molecule has 4 heteroatoms. The number of thiazole rings is 1. The first kappa shape index (κ1) is 15.0. The summed E-state index contributed by atoms with van der Waals surface area (Å²) in [5, 5.41) is 1.12. The molecule has 0 N–H and O–H groups in total. The molecule has 108 valence electrons. The van der Waals surface area contributed by atoms with Crippen LogP contribution in [0, 0.1) is 5.92 Å². The molecule has 2 rings (SSSR count). The highest BCUT2D eigenvalue weighted by atomic mass is 32.1. The van der Waals surface area contributed by atoms with Gasteiger partial charge in [0, 0.05) is 6.42 Å². The second-order valence-corrected chi connectivity index (χ2v) is 5.97. The third-order valence-electron chi connectivity index (χ3n) is 3.44. The predicted molar refractivity (Wildman–Crippen MR) is 83.0 cm³/mol. The van der Waals surface area contributed by atoms with Gasteiger partial charge < -0.3 is 4.74 Å². The maximum absolute atomic E-state index is 11.7. The Morgan fingerprint density at radius 1 is 1.30 bits per heavy atom. The Hall–Kier alpha value is -1.42. The van der Waals surface area contributed by atoms with Gasteiger partial charge in [-0.3, -0.25) is 4.79 Å². The van der Waals surface area contributed by atoms with E-state index < -0.39 is 0 Å². The third kappa shape index (κ3) is 3.79. The number of rotatable bonds is 7. The lowest BCUT2D eigenvalue weighted by molar-refractivity contribution is -0.148. The van der Waals surface area contributed by atoms with Crippen molar-refractivity contribution in [2.45, 2.75) is 39.5 Å². The molecular formula is C16H21NO2S. The van der Waals surface area contributed by atoms with E-state index in [1.165, 1.54) is 4.70 Å². The van der Waals surface area contributed by atoms with Crippen LogP contribution in [-0.2, 0) is 16.0 Å². The third-order valence-corrected chi connectivity index (χ3v) is 4.53. The number of carbonyl (C=O) groups excluding carboxylic acids is 1. The predicted octanol–water partition coefficient (Wildman–Crippen LogP) is 4.21. The molecule has 3 nitrogen and oxygen atoms in total. The Morgan fingerprint density at radius 3 is 2.75 bits per heavy atom. The first-order valence-electron chi connectivity index (χ1n) is 7.25. The van der Waals surface area contributed by atoms with E-state index >= 15 is 0 Å². The Bertz CT molecular complexity index is 527. The lowest BCUT2D eigenvalue weighted by Crippen LogP contribution is -2.17. The number of carbonyl (C=O) groups is 1. The molecule has 0 atom stereocenters. The first-order chi connectivity index (χ1) is 9.74. The number of aryl methyl sites for hydroxylation is 1. The monoisotopic (exact) mass is 291 g/mol. The molecule has 0 saturated carbocycles. The van der Waals surface area contributed by atoms with Crippen molar-refractivity contribution in [3.8, 4) is 0 Å². The van der Waals surface area contributed by atoms with Crippen molar-refractivity contribution in [2.75, 3.05) is 6.61 Å². The first-order valence-corrected chi connectivity index (χ1v) is 8.07. The topological polar surface area (TPSA) is 39.2 Å². The number of esters is 1. The molecule has 1 aromatic heterocycles. The van der Waals surface area contributed by atoms with E-state index in [4.69, 9.17) is 4.74 Å². The average Bonchev–Trinajstić information content (AvgIpc) is 2.87. The molecule has 20 heavy (non-hydrogen) atoms. The standard InChI is InChI=1S/C16H21NO2S/c1-3-12(4-2)16(18)19-11-7-10-15-17-13-8-5-6-9-14(13)20-15/h5-6,8-9,12H,3-4,7,10-11H2,1-2H3. The quantitative estimate of drug-likeness (QED) is 0.566. The summed E-state index contributed by atoms with van der Waals surface area (Å²) in [5.41, 5.74) is 1.06. The van der Waals surface area contributed by atoms with Crippen LogP contribution < -0.4 is 0 Å². The fourth-order valence-corrected chi connectivity index (χ4v) is 3.17. The summed E-state index contributed by atoms with van der Waals surface area (Å²) in [7, 11) is 0. The minimum atomic E-state index is -0.0562. The van der Waals surface area contributed by atoms with E-state index in [1.54, 1.807) is 11.3 Å². The zero-order chi connectivity index (χ0) is 14.4. The molecule has 0 radical (unpaired) electrons. The van der Waals surface area contributed by atoms with E-state index in [1.807, 2.05) is 32.0 Å². The highest BCUT2D eigenvalue weighted by Crippen LogP contribution is 2.22. The Balaban J connectivity index is 1.77. The molecule has 2 aromatic rings. The maximum Gasteiger partial charge on any atom is 0.308 e.